The van der Waals surface area contributed by atoms with Crippen LogP contribution in [0.2, 0.25) is 0 Å². The van der Waals surface area contributed by atoms with Gasteiger partial charge in [0.15, 0.2) is 5.67 Å². The quantitative estimate of drug-likeness (QED) is 0.688. The number of alkyl halides is 7. The van der Waals surface area contributed by atoms with Gasteiger partial charge in [0.05, 0.1) is 0 Å². The van der Waals surface area contributed by atoms with Crippen molar-refractivity contribution in [1.29, 1.82) is 0 Å². The molecule has 2 saturated carbocycles. The van der Waals surface area contributed by atoms with Crippen LogP contribution in [0, 0.1) is 35.5 Å². The van der Waals surface area contributed by atoms with E-state index >= 15 is 4.39 Å². The van der Waals surface area contributed by atoms with Crippen LogP contribution in [0.15, 0.2) is 0 Å². The Bertz CT molecular complexity index is 468. The summed E-state index contributed by atoms with van der Waals surface area (Å²) >= 11 is 0. The van der Waals surface area contributed by atoms with Gasteiger partial charge >= 0.3 is 12.4 Å². The molecule has 2 aliphatic rings. The van der Waals surface area contributed by atoms with Gasteiger partial charge in [0, 0.05) is 5.92 Å². The minimum atomic E-state index is -6.13. The zero-order chi connectivity index (χ0) is 18.9. The van der Waals surface area contributed by atoms with E-state index in [1.54, 1.807) is 13.8 Å². The largest absolute Gasteiger partial charge is 0.429 e. The van der Waals surface area contributed by atoms with Gasteiger partial charge in [-0.05, 0) is 42.4 Å². The molecule has 8 heteroatoms. The Hall–Kier alpha value is -0.530. The van der Waals surface area contributed by atoms with Crippen LogP contribution in [0.5, 0.6) is 0 Å². The average molecular weight is 364 g/mol. The van der Waals surface area contributed by atoms with Crippen LogP contribution in [-0.4, -0.2) is 28.7 Å². The van der Waals surface area contributed by atoms with E-state index in [0.717, 1.165) is 0 Å². The molecule has 2 bridgehead atoms. The summed E-state index contributed by atoms with van der Waals surface area (Å²) in [4.78, 5) is 0. The molecule has 0 saturated heterocycles. The summed E-state index contributed by atoms with van der Waals surface area (Å²) in [6.45, 7) is 7.06. The predicted octanol–water partition coefficient (Wildman–Crippen LogP) is 5.13. The molecule has 0 aromatic carbocycles. The summed E-state index contributed by atoms with van der Waals surface area (Å²) in [7, 11) is 0. The lowest BCUT2D eigenvalue weighted by molar-refractivity contribution is -0.411. The maximum absolute atomic E-state index is 15.4. The normalized spacial score (nSPS) is 37.8. The highest BCUT2D eigenvalue weighted by Gasteiger charge is 2.85. The molecule has 2 fully saturated rings. The monoisotopic (exact) mass is 364 g/mol. The SMILES string of the molecule is CC(C)C1C2CC(C1C(C)C)C(F)(C(O)(C(F)(F)F)C(F)(F)F)C2. The van der Waals surface area contributed by atoms with Gasteiger partial charge in [-0.3, -0.25) is 0 Å². The fourth-order valence-electron chi connectivity index (χ4n) is 5.41. The van der Waals surface area contributed by atoms with Gasteiger partial charge in [-0.2, -0.15) is 26.3 Å². The number of hydrogen-bond donors (Lipinski definition) is 1. The maximum atomic E-state index is 15.4. The van der Waals surface area contributed by atoms with Gasteiger partial charge in [0.25, 0.3) is 5.60 Å². The first-order valence-corrected chi connectivity index (χ1v) is 8.14. The molecule has 1 nitrogen and oxygen atoms in total. The van der Waals surface area contributed by atoms with Gasteiger partial charge in [-0.1, -0.05) is 27.7 Å². The number of halogens is 7. The van der Waals surface area contributed by atoms with E-state index < -0.39 is 47.8 Å². The molecule has 5 unspecified atom stereocenters. The van der Waals surface area contributed by atoms with E-state index in [-0.39, 0.29) is 24.2 Å². The minimum Gasteiger partial charge on any atom is -0.371 e. The molecule has 0 aromatic rings. The Morgan fingerprint density at radius 3 is 1.62 bits per heavy atom. The minimum absolute atomic E-state index is 0.0295. The van der Waals surface area contributed by atoms with E-state index in [9.17, 15) is 31.4 Å². The second kappa shape index (κ2) is 5.48. The number of fused-ring (bicyclic) bond motifs is 2. The highest BCUT2D eigenvalue weighted by molar-refractivity contribution is 5.21. The van der Waals surface area contributed by atoms with E-state index in [1.807, 2.05) is 13.8 Å². The van der Waals surface area contributed by atoms with E-state index in [2.05, 4.69) is 0 Å². The Balaban J connectivity index is 2.56. The summed E-state index contributed by atoms with van der Waals surface area (Å²) in [6.07, 6.45) is -13.2. The third-order valence-corrected chi connectivity index (χ3v) is 6.12. The molecule has 2 rings (SSSR count). The van der Waals surface area contributed by atoms with Crippen LogP contribution < -0.4 is 0 Å². The Morgan fingerprint density at radius 2 is 1.29 bits per heavy atom. The van der Waals surface area contributed by atoms with Gasteiger partial charge in [0.1, 0.15) is 0 Å². The van der Waals surface area contributed by atoms with Gasteiger partial charge in [0.2, 0.25) is 0 Å². The summed E-state index contributed by atoms with van der Waals surface area (Å²) in [5.74, 6) is -3.03. The highest BCUT2D eigenvalue weighted by Crippen LogP contribution is 2.68. The van der Waals surface area contributed by atoms with Crippen molar-refractivity contribution < 1.29 is 35.8 Å². The molecule has 0 aliphatic heterocycles. The molecule has 0 radical (unpaired) electrons. The average Bonchev–Trinajstić information content (AvgIpc) is 2.89. The molecule has 24 heavy (non-hydrogen) atoms. The fourth-order valence-corrected chi connectivity index (χ4v) is 5.41. The first kappa shape index (κ1) is 19.8. The van der Waals surface area contributed by atoms with E-state index in [1.165, 1.54) is 0 Å². The van der Waals surface area contributed by atoms with Crippen LogP contribution in [0.3, 0.4) is 0 Å². The third-order valence-electron chi connectivity index (χ3n) is 6.12. The van der Waals surface area contributed by atoms with Crippen molar-refractivity contribution in [2.24, 2.45) is 35.5 Å². The summed E-state index contributed by atoms with van der Waals surface area (Å²) in [5, 5.41) is 9.66. The number of rotatable bonds is 3. The zero-order valence-electron chi connectivity index (χ0n) is 14.0. The fraction of sp³-hybridized carbons (Fsp3) is 1.00. The zero-order valence-corrected chi connectivity index (χ0v) is 14.0. The number of hydrogen-bond acceptors (Lipinski definition) is 1. The summed E-state index contributed by atoms with van der Waals surface area (Å²) in [6, 6.07) is 0. The lowest BCUT2D eigenvalue weighted by Gasteiger charge is -2.50. The van der Waals surface area contributed by atoms with Crippen molar-refractivity contribution in [3.8, 4) is 0 Å². The standard InChI is InChI=1S/C16H23F7O/c1-7(2)11-9-5-10(12(11)8(3)4)13(17,6-9)14(24,15(18,19)20)16(21,22)23/h7-12,24H,5-6H2,1-4H3. The smallest absolute Gasteiger partial charge is 0.371 e. The van der Waals surface area contributed by atoms with Gasteiger partial charge in [-0.15, -0.1) is 0 Å². The maximum Gasteiger partial charge on any atom is 0.429 e. The van der Waals surface area contributed by atoms with Crippen LogP contribution in [0.25, 0.3) is 0 Å². The topological polar surface area (TPSA) is 20.2 Å². The molecule has 0 spiro atoms. The first-order valence-electron chi connectivity index (χ1n) is 8.14. The van der Waals surface area contributed by atoms with Crippen LogP contribution in [-0.2, 0) is 0 Å². The highest BCUT2D eigenvalue weighted by atomic mass is 19.4. The molecule has 0 heterocycles. The van der Waals surface area contributed by atoms with Crippen LogP contribution >= 0.6 is 0 Å². The van der Waals surface area contributed by atoms with Crippen molar-refractivity contribution in [1.82, 2.24) is 0 Å². The van der Waals surface area contributed by atoms with Crippen molar-refractivity contribution in [2.75, 3.05) is 0 Å². The van der Waals surface area contributed by atoms with Gasteiger partial charge < -0.3 is 5.11 Å². The first-order chi connectivity index (χ1) is 10.6. The Morgan fingerprint density at radius 1 is 0.875 bits per heavy atom. The number of aliphatic hydroxyl groups is 1. The molecule has 1 N–H and O–H groups in total. The predicted molar refractivity (Wildman–Crippen MR) is 73.8 cm³/mol. The van der Waals surface area contributed by atoms with Gasteiger partial charge in [-0.25, -0.2) is 4.39 Å². The van der Waals surface area contributed by atoms with Crippen molar-refractivity contribution in [2.45, 2.75) is 64.2 Å². The summed E-state index contributed by atoms with van der Waals surface area (Å²) < 4.78 is 94.6. The molecule has 2 aliphatic carbocycles. The Labute approximate surface area is 136 Å². The van der Waals surface area contributed by atoms with Crippen molar-refractivity contribution in [3.05, 3.63) is 0 Å². The van der Waals surface area contributed by atoms with E-state index in [4.69, 9.17) is 0 Å². The molecule has 0 aromatic heterocycles. The Kier molecular flexibility index (Phi) is 4.52. The van der Waals surface area contributed by atoms with E-state index in [0.29, 0.717) is 0 Å². The molecule has 0 amide bonds. The molecule has 142 valence electrons. The summed E-state index contributed by atoms with van der Waals surface area (Å²) in [5.41, 5.74) is -9.07. The van der Waals surface area contributed by atoms with Crippen molar-refractivity contribution in [3.63, 3.8) is 0 Å². The lowest BCUT2D eigenvalue weighted by Crippen LogP contribution is -2.72. The molecular weight excluding hydrogens is 341 g/mol. The van der Waals surface area contributed by atoms with Crippen LogP contribution in [0.1, 0.15) is 40.5 Å². The molecular formula is C16H23F7O. The second-order valence-electron chi connectivity index (χ2n) is 8.02. The lowest BCUT2D eigenvalue weighted by atomic mass is 9.60. The third kappa shape index (κ3) is 2.38. The molecule has 5 atom stereocenters. The second-order valence-corrected chi connectivity index (χ2v) is 8.02. The van der Waals surface area contributed by atoms with Crippen molar-refractivity contribution >= 4 is 0 Å². The van der Waals surface area contributed by atoms with Crippen LogP contribution in [0.4, 0.5) is 30.7 Å².